The summed E-state index contributed by atoms with van der Waals surface area (Å²) in [6.07, 6.45) is 12.1. The molecule has 0 aliphatic carbocycles. The van der Waals surface area contributed by atoms with Crippen LogP contribution in [-0.4, -0.2) is 83.9 Å². The number of aromatic amines is 4. The van der Waals surface area contributed by atoms with Gasteiger partial charge < -0.3 is 39.4 Å². The summed E-state index contributed by atoms with van der Waals surface area (Å²) in [6, 6.07) is 73.5. The number of carbonyl (C=O) groups is 3. The van der Waals surface area contributed by atoms with Crippen molar-refractivity contribution in [2.45, 2.75) is 72.9 Å². The number of H-pyrrole nitrogens is 4. The van der Waals surface area contributed by atoms with E-state index in [2.05, 4.69) is 182 Å². The van der Waals surface area contributed by atoms with Crippen LogP contribution in [0.1, 0.15) is 122 Å². The molecule has 13 heteroatoms. The number of rotatable bonds is 17. The maximum absolute atomic E-state index is 12.0. The number of aliphatic hydroxyl groups is 1. The molecule has 0 atom stereocenters. The molecule has 0 amide bonds. The average molecular weight is 1310 g/mol. The minimum Gasteiger partial charge on any atom is -0.462 e. The van der Waals surface area contributed by atoms with Gasteiger partial charge in [0.2, 0.25) is 0 Å². The van der Waals surface area contributed by atoms with Gasteiger partial charge in [0.05, 0.1) is 30.9 Å². The molecule has 9 aromatic carbocycles. The van der Waals surface area contributed by atoms with E-state index in [-0.39, 0.29) is 43.2 Å². The zero-order chi connectivity index (χ0) is 63.0. The summed E-state index contributed by atoms with van der Waals surface area (Å²) in [5.74, 6) is -0.506. The van der Waals surface area contributed by atoms with E-state index in [0.29, 0.717) is 29.7 Å². The fourth-order valence-corrected chi connectivity index (χ4v) is 11.3. The SMILES string of the molecule is C.C.CCOC(=O)c1ccccc1CBr.CCOC(=O)c1ccccc1Cc1ccc2[nH]ccc2c1.CN(C)Cc1ccccc1Cc1ccc2[nH]ccc2c1.O=Cc1ccccc1Cc1ccc2[nH]ccc2c1.OCc1ccccc1Cc1ccc2[nH]ccc2c1.[2HH].[B]. The Balaban J connectivity index is 0.000000212. The molecule has 11 nitrogen and oxygen atoms in total. The Morgan fingerprint density at radius 3 is 1.15 bits per heavy atom. The number of fused-ring (bicyclic) bond motifs is 4. The minimum atomic E-state index is -0.254. The number of hydrogen-bond acceptors (Lipinski definition) is 7. The summed E-state index contributed by atoms with van der Waals surface area (Å²) >= 11 is 3.32. The van der Waals surface area contributed by atoms with Crippen LogP contribution in [0.25, 0.3) is 43.6 Å². The van der Waals surface area contributed by atoms with E-state index in [0.717, 1.165) is 82.9 Å². The molecule has 5 N–H and O–H groups in total. The number of benzene rings is 9. The van der Waals surface area contributed by atoms with Crippen LogP contribution >= 0.6 is 15.9 Å². The molecule has 0 aliphatic rings. The molecule has 93 heavy (non-hydrogen) atoms. The first kappa shape index (κ1) is 72.3. The van der Waals surface area contributed by atoms with Gasteiger partial charge in [-0.25, -0.2) is 9.59 Å². The van der Waals surface area contributed by atoms with Crippen molar-refractivity contribution >= 4 is 86.2 Å². The number of hydrogen-bond donors (Lipinski definition) is 5. The lowest BCUT2D eigenvalue weighted by atomic mass is 9.99. The fraction of sp³-hybridized carbons (Fsp3) is 0.188. The van der Waals surface area contributed by atoms with E-state index < -0.39 is 0 Å². The van der Waals surface area contributed by atoms with Crippen molar-refractivity contribution in [3.8, 4) is 0 Å². The normalized spacial score (nSPS) is 10.4. The average Bonchev–Trinajstić information content (AvgIpc) is 1.58. The summed E-state index contributed by atoms with van der Waals surface area (Å²) < 4.78 is 10.0. The molecule has 0 bridgehead atoms. The highest BCUT2D eigenvalue weighted by Crippen LogP contribution is 2.24. The van der Waals surface area contributed by atoms with E-state index in [4.69, 9.17) is 9.47 Å². The third kappa shape index (κ3) is 20.4. The van der Waals surface area contributed by atoms with Gasteiger partial charge in [-0.3, -0.25) is 4.79 Å². The molecule has 0 spiro atoms. The van der Waals surface area contributed by atoms with E-state index >= 15 is 0 Å². The van der Waals surface area contributed by atoms with Crippen molar-refractivity contribution in [1.82, 2.24) is 24.8 Å². The predicted molar refractivity (Wildman–Crippen MR) is 391 cm³/mol. The van der Waals surface area contributed by atoms with E-state index in [9.17, 15) is 19.5 Å². The molecule has 0 aliphatic heterocycles. The molecule has 13 aromatic rings. The van der Waals surface area contributed by atoms with Gasteiger partial charge in [0.1, 0.15) is 6.29 Å². The number of aliphatic hydroxyl groups excluding tert-OH is 1. The number of halogens is 1. The summed E-state index contributed by atoms with van der Waals surface area (Å²) in [4.78, 5) is 49.4. The first-order valence-electron chi connectivity index (χ1n) is 30.2. The van der Waals surface area contributed by atoms with Crippen LogP contribution in [0.15, 0.2) is 243 Å². The molecule has 477 valence electrons. The number of nitrogens with one attached hydrogen (secondary N) is 4. The molecule has 4 aromatic heterocycles. The number of alkyl halides is 1. The van der Waals surface area contributed by atoms with Crippen LogP contribution in [-0.2, 0) is 53.6 Å². The smallest absolute Gasteiger partial charge is 0.338 e. The van der Waals surface area contributed by atoms with Crippen LogP contribution in [0.5, 0.6) is 0 Å². The third-order valence-corrected chi connectivity index (χ3v) is 15.9. The van der Waals surface area contributed by atoms with Crippen molar-refractivity contribution in [1.29, 1.82) is 0 Å². The monoisotopic (exact) mass is 1300 g/mol. The van der Waals surface area contributed by atoms with E-state index in [1.54, 1.807) is 13.0 Å². The maximum Gasteiger partial charge on any atom is 0.338 e. The fourth-order valence-electron chi connectivity index (χ4n) is 10.8. The van der Waals surface area contributed by atoms with Gasteiger partial charge in [0.15, 0.2) is 0 Å². The van der Waals surface area contributed by atoms with Crippen molar-refractivity contribution in [3.05, 3.63) is 321 Å². The Hall–Kier alpha value is -9.79. The summed E-state index contributed by atoms with van der Waals surface area (Å²) in [7, 11) is 4.23. The highest BCUT2D eigenvalue weighted by Gasteiger charge is 2.14. The number of aldehydes is 1. The van der Waals surface area contributed by atoms with Crippen LogP contribution in [0, 0.1) is 0 Å². The largest absolute Gasteiger partial charge is 0.462 e. The Morgan fingerprint density at radius 2 is 0.763 bits per heavy atom. The first-order chi connectivity index (χ1) is 44.0. The highest BCUT2D eigenvalue weighted by molar-refractivity contribution is 9.08. The number of esters is 2. The van der Waals surface area contributed by atoms with Crippen molar-refractivity contribution in [3.63, 3.8) is 0 Å². The second kappa shape index (κ2) is 36.9. The number of nitrogens with zero attached hydrogens (tertiary/aromatic N) is 1. The predicted octanol–water partition coefficient (Wildman–Crippen LogP) is 18.5. The van der Waals surface area contributed by atoms with Crippen LogP contribution in [0.3, 0.4) is 0 Å². The summed E-state index contributed by atoms with van der Waals surface area (Å²) in [6.45, 7) is 5.51. The number of carbonyl (C=O) groups excluding carboxylic acids is 3. The Bertz CT molecular complexity index is 4450. The van der Waals surface area contributed by atoms with Gasteiger partial charge in [-0.05, 0) is 221 Å². The lowest BCUT2D eigenvalue weighted by Gasteiger charge is -2.14. The molecule has 0 saturated heterocycles. The van der Waals surface area contributed by atoms with Crippen LogP contribution < -0.4 is 0 Å². The molecule has 0 unspecified atom stereocenters. The number of aromatic nitrogens is 4. The highest BCUT2D eigenvalue weighted by atomic mass is 79.9. The zero-order valence-electron chi connectivity index (χ0n) is 51.9. The number of ether oxygens (including phenoxy) is 2. The van der Waals surface area contributed by atoms with Crippen LogP contribution in [0.4, 0.5) is 0 Å². The van der Waals surface area contributed by atoms with Crippen LogP contribution in [0.2, 0.25) is 0 Å². The third-order valence-electron chi connectivity index (χ3n) is 15.3. The lowest BCUT2D eigenvalue weighted by Crippen LogP contribution is -2.12. The van der Waals surface area contributed by atoms with E-state index in [1.165, 1.54) is 66.0 Å². The Kier molecular flexibility index (Phi) is 28.7. The van der Waals surface area contributed by atoms with E-state index in [1.807, 2.05) is 117 Å². The van der Waals surface area contributed by atoms with Gasteiger partial charge >= 0.3 is 11.9 Å². The second-order valence-corrected chi connectivity index (χ2v) is 22.5. The molecule has 4 heterocycles. The minimum absolute atomic E-state index is 0. The lowest BCUT2D eigenvalue weighted by molar-refractivity contribution is 0.0515. The molecule has 0 saturated carbocycles. The standard InChI is InChI=1S/C18H20N2.C18H17NO2.C16H15NO.C16H13NO.C10H11BrO2.2CH4.B.H2/c1-20(2)13-17-6-4-3-5-15(17)11-14-7-8-18-16(12-14)9-10-19-18;1-2-21-18(20)16-6-4-3-5-14(16)11-13-7-8-17-15(12-13)9-10-19-17;2*18-11-15-4-2-1-3-13(15)9-12-5-6-16-14(10-12)7-8-17-16;1-2-13-10(12)9-6-4-3-5-8(9)7-11;;;;/h3-10,12,19H,11,13H2,1-2H3;3-10,12,19H,2,11H2,1H3;1-8,10,17-18H,9,11H2;1-8,10-11,17H,9H2;3-6H,2,7H2,1H3;2*1H4;;1H/i;;;;;;;;1+1. The topological polar surface area (TPSA) is 156 Å². The first-order valence-corrected chi connectivity index (χ1v) is 31.4. The quantitative estimate of drug-likeness (QED) is 0.0263. The van der Waals surface area contributed by atoms with Gasteiger partial charge in [0.25, 0.3) is 0 Å². The van der Waals surface area contributed by atoms with Gasteiger partial charge in [-0.15, -0.1) is 0 Å². The summed E-state index contributed by atoms with van der Waals surface area (Å²) in [5, 5.41) is 14.9. The van der Waals surface area contributed by atoms with Crippen molar-refractivity contribution in [2.24, 2.45) is 0 Å². The molecular weight excluding hydrogens is 1220 g/mol. The van der Waals surface area contributed by atoms with Crippen molar-refractivity contribution in [2.75, 3.05) is 27.3 Å². The van der Waals surface area contributed by atoms with Crippen molar-refractivity contribution < 1.29 is 30.4 Å². The zero-order valence-corrected chi connectivity index (χ0v) is 53.5. The van der Waals surface area contributed by atoms with Gasteiger partial charge in [0, 0.05) is 74.1 Å². The van der Waals surface area contributed by atoms with Gasteiger partial charge in [-0.1, -0.05) is 164 Å². The Morgan fingerprint density at radius 1 is 0.441 bits per heavy atom. The molecule has 3 radical (unpaired) electrons. The second-order valence-electron chi connectivity index (χ2n) is 21.9. The maximum atomic E-state index is 12.0. The molecule has 13 rings (SSSR count). The van der Waals surface area contributed by atoms with Gasteiger partial charge in [-0.2, -0.15) is 0 Å². The summed E-state index contributed by atoms with van der Waals surface area (Å²) in [5.41, 5.74) is 19.8. The Labute approximate surface area is 559 Å². The molecular formula is C80H86BBrN5O6. The molecule has 0 fully saturated rings.